The molecule has 30 heavy (non-hydrogen) atoms. The molecular formula is C20H21N5O5. The summed E-state index contributed by atoms with van der Waals surface area (Å²) in [7, 11) is 1.55. The van der Waals surface area contributed by atoms with Crippen molar-refractivity contribution in [2.45, 2.75) is 24.5 Å². The summed E-state index contributed by atoms with van der Waals surface area (Å²) in [6, 6.07) is 4.84. The van der Waals surface area contributed by atoms with Crippen molar-refractivity contribution < 1.29 is 24.2 Å². The van der Waals surface area contributed by atoms with Crippen molar-refractivity contribution in [2.24, 2.45) is 0 Å². The lowest BCUT2D eigenvalue weighted by atomic mass is 9.92. The SMILES string of the molecule is COc1ccc2cn(C[C@@]3(c4cnn([C@H]5CCOC5)c4)NC(=O)NC3=O)c(O)c2c1. The minimum absolute atomic E-state index is 0.000260. The topological polar surface area (TPSA) is 120 Å². The van der Waals surface area contributed by atoms with Gasteiger partial charge in [0, 0.05) is 35.3 Å². The Morgan fingerprint density at radius 2 is 2.23 bits per heavy atom. The van der Waals surface area contributed by atoms with E-state index in [0.29, 0.717) is 29.9 Å². The summed E-state index contributed by atoms with van der Waals surface area (Å²) < 4.78 is 14.0. The Balaban J connectivity index is 1.56. The molecule has 3 amide bonds. The molecule has 2 aromatic heterocycles. The molecular weight excluding hydrogens is 390 g/mol. The predicted molar refractivity (Wildman–Crippen MR) is 105 cm³/mol. The number of benzene rings is 1. The summed E-state index contributed by atoms with van der Waals surface area (Å²) in [6.07, 6.45) is 5.90. The number of ether oxygens (including phenoxy) is 2. The zero-order valence-corrected chi connectivity index (χ0v) is 16.3. The highest BCUT2D eigenvalue weighted by Gasteiger charge is 2.49. The van der Waals surface area contributed by atoms with Gasteiger partial charge in [0.05, 0.1) is 32.5 Å². The van der Waals surface area contributed by atoms with Gasteiger partial charge >= 0.3 is 6.03 Å². The van der Waals surface area contributed by atoms with Crippen LogP contribution in [0.5, 0.6) is 11.6 Å². The zero-order chi connectivity index (χ0) is 20.9. The monoisotopic (exact) mass is 411 g/mol. The first-order chi connectivity index (χ1) is 14.5. The Bertz CT molecular complexity index is 1150. The second-order valence-corrected chi connectivity index (χ2v) is 7.57. The number of nitrogens with one attached hydrogen (secondary N) is 2. The maximum absolute atomic E-state index is 12.9. The van der Waals surface area contributed by atoms with Crippen LogP contribution >= 0.6 is 0 Å². The fourth-order valence-electron chi connectivity index (χ4n) is 4.11. The van der Waals surface area contributed by atoms with Crippen LogP contribution in [0.15, 0.2) is 36.8 Å². The Morgan fingerprint density at radius 1 is 1.37 bits per heavy atom. The molecule has 0 saturated carbocycles. The number of aromatic hydroxyl groups is 1. The molecule has 5 rings (SSSR count). The number of nitrogens with zero attached hydrogens (tertiary/aromatic N) is 3. The number of rotatable bonds is 5. The second-order valence-electron chi connectivity index (χ2n) is 7.57. The van der Waals surface area contributed by atoms with Crippen LogP contribution in [-0.2, 0) is 21.6 Å². The Hall–Kier alpha value is -3.53. The smallest absolute Gasteiger partial charge is 0.322 e. The predicted octanol–water partition coefficient (Wildman–Crippen LogP) is 1.25. The Labute approximate surface area is 171 Å². The van der Waals surface area contributed by atoms with Crippen molar-refractivity contribution in [1.29, 1.82) is 0 Å². The summed E-state index contributed by atoms with van der Waals surface area (Å²) in [6.45, 7) is 1.22. The molecule has 0 unspecified atom stereocenters. The summed E-state index contributed by atoms with van der Waals surface area (Å²) in [5, 5.41) is 21.6. The summed E-state index contributed by atoms with van der Waals surface area (Å²) in [5.74, 6) is 0.0931. The van der Waals surface area contributed by atoms with Gasteiger partial charge in [0.25, 0.3) is 5.91 Å². The molecule has 2 atom stereocenters. The third kappa shape index (κ3) is 2.79. The molecule has 0 bridgehead atoms. The Morgan fingerprint density at radius 3 is 2.93 bits per heavy atom. The number of urea groups is 1. The van der Waals surface area contributed by atoms with Crippen LogP contribution in [0.2, 0.25) is 0 Å². The van der Waals surface area contributed by atoms with Crippen molar-refractivity contribution in [2.75, 3.05) is 20.3 Å². The molecule has 0 radical (unpaired) electrons. The number of aromatic nitrogens is 3. The molecule has 2 saturated heterocycles. The standard InChI is InChI=1S/C20H21N5O5/c1-29-15-3-2-12-8-24(17(26)16(12)6-15)11-20(18(27)22-19(28)23-20)13-7-21-25(9-13)14-4-5-30-10-14/h2-3,6-9,14,26H,4-5,10-11H2,1H3,(H2,22,23,27,28)/t14-,20-/m0/s1. The van der Waals surface area contributed by atoms with E-state index >= 15 is 0 Å². The normalized spacial score (nSPS) is 23.7. The molecule has 0 aliphatic carbocycles. The van der Waals surface area contributed by atoms with E-state index in [2.05, 4.69) is 15.7 Å². The molecule has 0 spiro atoms. The largest absolute Gasteiger partial charge is 0.497 e. The summed E-state index contributed by atoms with van der Waals surface area (Å²) >= 11 is 0. The number of carbonyl (C=O) groups is 2. The number of carbonyl (C=O) groups excluding carboxylic acids is 2. The number of amides is 3. The van der Waals surface area contributed by atoms with Crippen LogP contribution in [0.3, 0.4) is 0 Å². The van der Waals surface area contributed by atoms with Crippen LogP contribution < -0.4 is 15.4 Å². The molecule has 1 aromatic carbocycles. The van der Waals surface area contributed by atoms with Gasteiger partial charge < -0.3 is 24.5 Å². The van der Waals surface area contributed by atoms with E-state index in [-0.39, 0.29) is 18.5 Å². The van der Waals surface area contributed by atoms with E-state index < -0.39 is 17.5 Å². The number of hydrogen-bond acceptors (Lipinski definition) is 6. The molecule has 156 valence electrons. The first-order valence-corrected chi connectivity index (χ1v) is 9.62. The van der Waals surface area contributed by atoms with Gasteiger partial charge in [-0.15, -0.1) is 0 Å². The molecule has 2 aliphatic rings. The van der Waals surface area contributed by atoms with E-state index in [1.165, 1.54) is 0 Å². The number of methoxy groups -OCH3 is 1. The molecule has 3 N–H and O–H groups in total. The quantitative estimate of drug-likeness (QED) is 0.544. The molecule has 10 heteroatoms. The number of hydrogen-bond donors (Lipinski definition) is 3. The van der Waals surface area contributed by atoms with Crippen LogP contribution in [-0.4, -0.2) is 51.7 Å². The molecule has 3 aromatic rings. The second kappa shape index (κ2) is 6.77. The average Bonchev–Trinajstić information content (AvgIpc) is 3.51. The minimum Gasteiger partial charge on any atom is -0.497 e. The van der Waals surface area contributed by atoms with E-state index in [4.69, 9.17) is 9.47 Å². The molecule has 4 heterocycles. The minimum atomic E-state index is -1.40. The number of imide groups is 1. The van der Waals surface area contributed by atoms with Crippen molar-refractivity contribution in [1.82, 2.24) is 25.0 Å². The summed E-state index contributed by atoms with van der Waals surface area (Å²) in [4.78, 5) is 25.0. The lowest BCUT2D eigenvalue weighted by molar-refractivity contribution is -0.124. The van der Waals surface area contributed by atoms with Gasteiger partial charge in [-0.25, -0.2) is 4.79 Å². The lowest BCUT2D eigenvalue weighted by Gasteiger charge is -2.25. The van der Waals surface area contributed by atoms with Gasteiger partial charge in [-0.2, -0.15) is 5.10 Å². The van der Waals surface area contributed by atoms with E-state index in [9.17, 15) is 14.7 Å². The van der Waals surface area contributed by atoms with Crippen LogP contribution in [0.25, 0.3) is 10.8 Å². The first-order valence-electron chi connectivity index (χ1n) is 9.62. The number of fused-ring (bicyclic) bond motifs is 1. The Kier molecular flexibility index (Phi) is 4.17. The van der Waals surface area contributed by atoms with Crippen molar-refractivity contribution in [3.8, 4) is 11.6 Å². The van der Waals surface area contributed by atoms with Crippen LogP contribution in [0, 0.1) is 0 Å². The maximum atomic E-state index is 12.9. The molecule has 2 fully saturated rings. The third-order valence-corrected chi connectivity index (χ3v) is 5.79. The van der Waals surface area contributed by atoms with Crippen LogP contribution in [0.1, 0.15) is 18.0 Å². The highest BCUT2D eigenvalue weighted by molar-refractivity contribution is 6.07. The van der Waals surface area contributed by atoms with Gasteiger partial charge in [0.2, 0.25) is 0 Å². The highest BCUT2D eigenvalue weighted by atomic mass is 16.5. The fraction of sp³-hybridized carbons (Fsp3) is 0.350. The lowest BCUT2D eigenvalue weighted by Crippen LogP contribution is -2.47. The van der Waals surface area contributed by atoms with E-state index in [0.717, 1.165) is 11.8 Å². The first kappa shape index (κ1) is 18.5. The zero-order valence-electron chi connectivity index (χ0n) is 16.3. The van der Waals surface area contributed by atoms with Crippen LogP contribution in [0.4, 0.5) is 4.79 Å². The fourth-order valence-corrected chi connectivity index (χ4v) is 4.11. The van der Waals surface area contributed by atoms with Gasteiger partial charge in [0.15, 0.2) is 11.4 Å². The average molecular weight is 411 g/mol. The van der Waals surface area contributed by atoms with E-state index in [1.54, 1.807) is 47.1 Å². The molecule has 2 aliphatic heterocycles. The van der Waals surface area contributed by atoms with Gasteiger partial charge in [-0.3, -0.25) is 14.8 Å². The van der Waals surface area contributed by atoms with Crippen molar-refractivity contribution in [3.05, 3.63) is 42.4 Å². The van der Waals surface area contributed by atoms with Gasteiger partial charge in [0.1, 0.15) is 5.75 Å². The highest BCUT2D eigenvalue weighted by Crippen LogP contribution is 2.35. The third-order valence-electron chi connectivity index (χ3n) is 5.79. The maximum Gasteiger partial charge on any atom is 0.322 e. The summed E-state index contributed by atoms with van der Waals surface area (Å²) in [5.41, 5.74) is -0.863. The van der Waals surface area contributed by atoms with Gasteiger partial charge in [-0.1, -0.05) is 0 Å². The van der Waals surface area contributed by atoms with Crippen molar-refractivity contribution >= 4 is 22.7 Å². The van der Waals surface area contributed by atoms with Gasteiger partial charge in [-0.05, 0) is 24.6 Å². The van der Waals surface area contributed by atoms with Crippen molar-refractivity contribution in [3.63, 3.8) is 0 Å². The van der Waals surface area contributed by atoms with E-state index in [1.807, 2.05) is 6.07 Å². The molecule has 10 nitrogen and oxygen atoms in total.